The highest BCUT2D eigenvalue weighted by atomic mass is 19.4. The SMILES string of the molecule is NC(=O)C1CC(C(F)(F)F)CCN1. The Morgan fingerprint density at radius 3 is 2.54 bits per heavy atom. The highest BCUT2D eigenvalue weighted by Gasteiger charge is 2.43. The Morgan fingerprint density at radius 1 is 1.46 bits per heavy atom. The maximum absolute atomic E-state index is 12.2. The molecule has 1 rings (SSSR count). The first kappa shape index (κ1) is 10.3. The molecule has 13 heavy (non-hydrogen) atoms. The number of amides is 1. The number of hydrogen-bond donors (Lipinski definition) is 2. The fourth-order valence-electron chi connectivity index (χ4n) is 1.43. The molecule has 1 aliphatic heterocycles. The first-order valence-electron chi connectivity index (χ1n) is 4.00. The number of piperidine rings is 1. The zero-order chi connectivity index (χ0) is 10.1. The Morgan fingerprint density at radius 2 is 2.08 bits per heavy atom. The van der Waals surface area contributed by atoms with Crippen molar-refractivity contribution in [2.45, 2.75) is 25.1 Å². The summed E-state index contributed by atoms with van der Waals surface area (Å²) >= 11 is 0. The van der Waals surface area contributed by atoms with Gasteiger partial charge in [0.1, 0.15) is 0 Å². The lowest BCUT2D eigenvalue weighted by Gasteiger charge is -2.29. The summed E-state index contributed by atoms with van der Waals surface area (Å²) in [5, 5.41) is 2.65. The van der Waals surface area contributed by atoms with Crippen molar-refractivity contribution in [3.63, 3.8) is 0 Å². The summed E-state index contributed by atoms with van der Waals surface area (Å²) in [7, 11) is 0. The number of rotatable bonds is 1. The van der Waals surface area contributed by atoms with Gasteiger partial charge in [0.25, 0.3) is 0 Å². The molecular formula is C7H11F3N2O. The number of halogens is 3. The van der Waals surface area contributed by atoms with E-state index in [0.717, 1.165) is 0 Å². The second kappa shape index (κ2) is 3.53. The Balaban J connectivity index is 2.57. The van der Waals surface area contributed by atoms with Crippen LogP contribution in [0.4, 0.5) is 13.2 Å². The maximum atomic E-state index is 12.2. The first-order valence-corrected chi connectivity index (χ1v) is 4.00. The first-order chi connectivity index (χ1) is 5.91. The van der Waals surface area contributed by atoms with Crippen molar-refractivity contribution in [1.29, 1.82) is 0 Å². The van der Waals surface area contributed by atoms with Crippen LogP contribution in [0.15, 0.2) is 0 Å². The lowest BCUT2D eigenvalue weighted by atomic mass is 9.92. The van der Waals surface area contributed by atoms with Gasteiger partial charge in [0.05, 0.1) is 12.0 Å². The highest BCUT2D eigenvalue weighted by Crippen LogP contribution is 2.33. The van der Waals surface area contributed by atoms with E-state index >= 15 is 0 Å². The van der Waals surface area contributed by atoms with Crippen molar-refractivity contribution < 1.29 is 18.0 Å². The predicted molar refractivity (Wildman–Crippen MR) is 39.8 cm³/mol. The summed E-state index contributed by atoms with van der Waals surface area (Å²) in [6, 6.07) is -0.833. The van der Waals surface area contributed by atoms with E-state index in [2.05, 4.69) is 5.32 Å². The van der Waals surface area contributed by atoms with E-state index in [1.165, 1.54) is 0 Å². The second-order valence-electron chi connectivity index (χ2n) is 3.17. The molecule has 0 aromatic rings. The average molecular weight is 196 g/mol. The quantitative estimate of drug-likeness (QED) is 0.637. The minimum absolute atomic E-state index is 0.0211. The Hall–Kier alpha value is -0.780. The summed E-state index contributed by atoms with van der Waals surface area (Å²) in [4.78, 5) is 10.6. The highest BCUT2D eigenvalue weighted by molar-refractivity contribution is 5.79. The molecule has 6 heteroatoms. The standard InChI is InChI=1S/C7H11F3N2O/c8-7(9,10)4-1-2-12-5(3-4)6(11)13/h4-5,12H,1-3H2,(H2,11,13). The van der Waals surface area contributed by atoms with Crippen molar-refractivity contribution in [1.82, 2.24) is 5.32 Å². The van der Waals surface area contributed by atoms with E-state index in [0.29, 0.717) is 0 Å². The zero-order valence-corrected chi connectivity index (χ0v) is 6.90. The monoisotopic (exact) mass is 196 g/mol. The summed E-state index contributed by atoms with van der Waals surface area (Å²) in [6.45, 7) is 0.192. The molecule has 1 aliphatic rings. The van der Waals surface area contributed by atoms with Gasteiger partial charge in [-0.25, -0.2) is 0 Å². The minimum atomic E-state index is -4.21. The number of hydrogen-bond acceptors (Lipinski definition) is 2. The fraction of sp³-hybridized carbons (Fsp3) is 0.857. The third kappa shape index (κ3) is 2.58. The van der Waals surface area contributed by atoms with Gasteiger partial charge >= 0.3 is 6.18 Å². The fourth-order valence-corrected chi connectivity index (χ4v) is 1.43. The molecule has 0 aliphatic carbocycles. The topological polar surface area (TPSA) is 55.1 Å². The Labute approximate surface area is 73.5 Å². The number of carbonyl (C=O) groups excluding carboxylic acids is 1. The molecule has 3 N–H and O–H groups in total. The average Bonchev–Trinajstić information content (AvgIpc) is 2.03. The van der Waals surface area contributed by atoms with Crippen LogP contribution >= 0.6 is 0 Å². The van der Waals surface area contributed by atoms with Crippen molar-refractivity contribution in [2.24, 2.45) is 11.7 Å². The molecule has 0 bridgehead atoms. The van der Waals surface area contributed by atoms with Crippen LogP contribution in [0.1, 0.15) is 12.8 Å². The predicted octanol–water partition coefficient (Wildman–Crippen LogP) is 0.402. The minimum Gasteiger partial charge on any atom is -0.368 e. The van der Waals surface area contributed by atoms with Gasteiger partial charge in [-0.05, 0) is 19.4 Å². The molecule has 1 heterocycles. The maximum Gasteiger partial charge on any atom is 0.391 e. The molecule has 3 nitrogen and oxygen atoms in total. The van der Waals surface area contributed by atoms with E-state index < -0.39 is 24.0 Å². The summed E-state index contributed by atoms with van der Waals surface area (Å²) < 4.78 is 36.6. The smallest absolute Gasteiger partial charge is 0.368 e. The molecule has 0 radical (unpaired) electrons. The zero-order valence-electron chi connectivity index (χ0n) is 6.90. The molecular weight excluding hydrogens is 185 g/mol. The molecule has 0 aromatic carbocycles. The van der Waals surface area contributed by atoms with E-state index in [9.17, 15) is 18.0 Å². The van der Waals surface area contributed by atoms with Gasteiger partial charge in [0.15, 0.2) is 0 Å². The van der Waals surface area contributed by atoms with Gasteiger partial charge in [-0.2, -0.15) is 13.2 Å². The van der Waals surface area contributed by atoms with E-state index in [4.69, 9.17) is 5.73 Å². The van der Waals surface area contributed by atoms with Gasteiger partial charge in [-0.1, -0.05) is 0 Å². The van der Waals surface area contributed by atoms with Crippen LogP contribution in [-0.2, 0) is 4.79 Å². The van der Waals surface area contributed by atoms with Gasteiger partial charge in [-0.3, -0.25) is 4.79 Å². The van der Waals surface area contributed by atoms with Crippen LogP contribution < -0.4 is 11.1 Å². The summed E-state index contributed by atoms with van der Waals surface area (Å²) in [5.41, 5.74) is 4.90. The van der Waals surface area contributed by atoms with Gasteiger partial charge in [0, 0.05) is 0 Å². The van der Waals surface area contributed by atoms with Crippen molar-refractivity contribution in [3.8, 4) is 0 Å². The van der Waals surface area contributed by atoms with E-state index in [1.807, 2.05) is 0 Å². The van der Waals surface area contributed by atoms with Crippen molar-refractivity contribution in [2.75, 3.05) is 6.54 Å². The number of nitrogens with two attached hydrogens (primary N) is 1. The lowest BCUT2D eigenvalue weighted by molar-refractivity contribution is -0.183. The molecule has 1 amide bonds. The van der Waals surface area contributed by atoms with E-state index in [1.54, 1.807) is 0 Å². The molecule has 0 spiro atoms. The second-order valence-corrected chi connectivity index (χ2v) is 3.17. The Kier molecular flexibility index (Phi) is 2.80. The third-order valence-electron chi connectivity index (χ3n) is 2.21. The molecule has 0 saturated carbocycles. The van der Waals surface area contributed by atoms with Gasteiger partial charge in [-0.15, -0.1) is 0 Å². The number of alkyl halides is 3. The molecule has 2 atom stereocenters. The summed E-state index contributed by atoms with van der Waals surface area (Å²) in [6.07, 6.45) is -4.43. The number of nitrogens with one attached hydrogen (secondary N) is 1. The Bertz CT molecular complexity index is 204. The molecule has 76 valence electrons. The van der Waals surface area contributed by atoms with Crippen LogP contribution in [0.2, 0.25) is 0 Å². The van der Waals surface area contributed by atoms with Crippen LogP contribution in [0.5, 0.6) is 0 Å². The summed E-state index contributed by atoms with van der Waals surface area (Å²) in [5.74, 6) is -2.11. The molecule has 0 aromatic heterocycles. The van der Waals surface area contributed by atoms with E-state index in [-0.39, 0.29) is 19.4 Å². The van der Waals surface area contributed by atoms with Crippen LogP contribution in [0.25, 0.3) is 0 Å². The lowest BCUT2D eigenvalue weighted by Crippen LogP contribution is -2.49. The van der Waals surface area contributed by atoms with Crippen LogP contribution in [-0.4, -0.2) is 24.7 Å². The molecule has 1 saturated heterocycles. The van der Waals surface area contributed by atoms with Crippen molar-refractivity contribution in [3.05, 3.63) is 0 Å². The van der Waals surface area contributed by atoms with Gasteiger partial charge in [0.2, 0.25) is 5.91 Å². The molecule has 2 unspecified atom stereocenters. The number of primary amides is 1. The molecule has 1 fully saturated rings. The van der Waals surface area contributed by atoms with Crippen molar-refractivity contribution >= 4 is 5.91 Å². The van der Waals surface area contributed by atoms with Crippen LogP contribution in [0, 0.1) is 5.92 Å². The normalized spacial score (nSPS) is 30.1. The number of carbonyl (C=O) groups is 1. The van der Waals surface area contributed by atoms with Crippen LogP contribution in [0.3, 0.4) is 0 Å². The largest absolute Gasteiger partial charge is 0.391 e. The third-order valence-corrected chi connectivity index (χ3v) is 2.21. The van der Waals surface area contributed by atoms with Gasteiger partial charge < -0.3 is 11.1 Å².